The molecule has 0 aliphatic carbocycles. The first kappa shape index (κ1) is 14.8. The Bertz CT molecular complexity index is 563. The molecule has 0 spiro atoms. The number of carbonyl (C=O) groups is 1. The second-order valence-electron chi connectivity index (χ2n) is 4.42. The zero-order valence-corrected chi connectivity index (χ0v) is 11.8. The van der Waals surface area contributed by atoms with Crippen molar-refractivity contribution in [2.45, 2.75) is 6.10 Å². The van der Waals surface area contributed by atoms with Crippen LogP contribution in [-0.2, 0) is 19.6 Å². The number of aromatic nitrogens is 2. The molecule has 110 valence electrons. The Morgan fingerprint density at radius 1 is 1.55 bits per heavy atom. The van der Waals surface area contributed by atoms with Crippen LogP contribution in [0.5, 0.6) is 0 Å². The Hall–Kier alpha value is -1.58. The molecule has 1 aromatic rings. The lowest BCUT2D eigenvalue weighted by Crippen LogP contribution is -2.46. The molecule has 8 nitrogen and oxygen atoms in total. The number of ether oxygens (including phenoxy) is 1. The fraction of sp³-hybridized carbons (Fsp3) is 0.545. The summed E-state index contributed by atoms with van der Waals surface area (Å²) in [5.74, 6) is -0.285. The summed E-state index contributed by atoms with van der Waals surface area (Å²) in [6.45, 7) is 0.905. The molecule has 1 aliphatic heterocycles. The van der Waals surface area contributed by atoms with E-state index in [9.17, 15) is 13.2 Å². The maximum atomic E-state index is 11.9. The highest BCUT2D eigenvalue weighted by Crippen LogP contribution is 2.19. The molecule has 0 saturated carbocycles. The molecule has 1 aromatic heterocycles. The van der Waals surface area contributed by atoms with E-state index in [0.29, 0.717) is 25.4 Å². The van der Waals surface area contributed by atoms with Gasteiger partial charge in [-0.05, 0) is 0 Å². The third kappa shape index (κ3) is 4.22. The molecule has 0 bridgehead atoms. The average Bonchev–Trinajstić information content (AvgIpc) is 2.45. The smallest absolute Gasteiger partial charge is 0.237 e. The number of nitrogens with one attached hydrogen (secondary N) is 1. The molecule has 1 atom stereocenters. The molecule has 1 aliphatic rings. The topological polar surface area (TPSA) is 101 Å². The molecule has 1 amide bonds. The van der Waals surface area contributed by atoms with Gasteiger partial charge >= 0.3 is 0 Å². The summed E-state index contributed by atoms with van der Waals surface area (Å²) in [5, 5.41) is 0. The van der Waals surface area contributed by atoms with Crippen LogP contribution in [0, 0.1) is 0 Å². The van der Waals surface area contributed by atoms with Crippen molar-refractivity contribution in [3.8, 4) is 0 Å². The van der Waals surface area contributed by atoms with Gasteiger partial charge in [0.05, 0.1) is 37.8 Å². The van der Waals surface area contributed by atoms with E-state index in [4.69, 9.17) is 4.74 Å². The maximum absolute atomic E-state index is 11.9. The van der Waals surface area contributed by atoms with E-state index in [-0.39, 0.29) is 18.6 Å². The van der Waals surface area contributed by atoms with Crippen LogP contribution in [0.2, 0.25) is 0 Å². The molecule has 2 heterocycles. The van der Waals surface area contributed by atoms with Crippen molar-refractivity contribution in [2.75, 3.05) is 32.5 Å². The Kier molecular flexibility index (Phi) is 4.63. The van der Waals surface area contributed by atoms with E-state index in [1.54, 1.807) is 23.5 Å². The summed E-state index contributed by atoms with van der Waals surface area (Å²) in [4.78, 5) is 21.6. The molecular formula is C11H16N4O4S. The van der Waals surface area contributed by atoms with Gasteiger partial charge in [-0.3, -0.25) is 14.8 Å². The second-order valence-corrected chi connectivity index (χ2v) is 6.26. The normalized spacial score (nSPS) is 19.9. The molecule has 1 fully saturated rings. The van der Waals surface area contributed by atoms with E-state index in [2.05, 4.69) is 14.7 Å². The first-order chi connectivity index (χ1) is 9.46. The van der Waals surface area contributed by atoms with Crippen molar-refractivity contribution >= 4 is 15.9 Å². The van der Waals surface area contributed by atoms with Gasteiger partial charge in [0, 0.05) is 18.9 Å². The number of hydrogen-bond acceptors (Lipinski definition) is 6. The van der Waals surface area contributed by atoms with Crippen molar-refractivity contribution in [2.24, 2.45) is 0 Å². The number of hydrogen-bond donors (Lipinski definition) is 1. The van der Waals surface area contributed by atoms with Gasteiger partial charge in [-0.15, -0.1) is 0 Å². The number of sulfonamides is 1. The summed E-state index contributed by atoms with van der Waals surface area (Å²) in [7, 11) is -3.37. The molecule has 1 saturated heterocycles. The van der Waals surface area contributed by atoms with Crippen LogP contribution in [0.3, 0.4) is 0 Å². The fourth-order valence-corrected chi connectivity index (χ4v) is 2.22. The second kappa shape index (κ2) is 6.25. The minimum atomic E-state index is -3.37. The monoisotopic (exact) mass is 300 g/mol. The molecule has 0 unspecified atom stereocenters. The van der Waals surface area contributed by atoms with E-state index in [1.807, 2.05) is 0 Å². The molecule has 0 radical (unpaired) electrons. The Balaban J connectivity index is 1.95. The summed E-state index contributed by atoms with van der Waals surface area (Å²) >= 11 is 0. The molecule has 20 heavy (non-hydrogen) atoms. The van der Waals surface area contributed by atoms with Crippen molar-refractivity contribution in [1.82, 2.24) is 19.6 Å². The van der Waals surface area contributed by atoms with Gasteiger partial charge in [0.15, 0.2) is 0 Å². The zero-order valence-electron chi connectivity index (χ0n) is 11.0. The zero-order chi connectivity index (χ0) is 14.6. The summed E-state index contributed by atoms with van der Waals surface area (Å²) in [5.41, 5.74) is 0.654. The average molecular weight is 300 g/mol. The van der Waals surface area contributed by atoms with Crippen LogP contribution in [0.1, 0.15) is 11.8 Å². The number of rotatable bonds is 4. The largest absolute Gasteiger partial charge is 0.368 e. The van der Waals surface area contributed by atoms with E-state index < -0.39 is 10.0 Å². The van der Waals surface area contributed by atoms with Crippen LogP contribution < -0.4 is 4.72 Å². The van der Waals surface area contributed by atoms with Crippen LogP contribution in [0.25, 0.3) is 0 Å². The van der Waals surface area contributed by atoms with E-state index in [0.717, 1.165) is 6.26 Å². The third-order valence-electron chi connectivity index (χ3n) is 2.82. The molecule has 9 heteroatoms. The van der Waals surface area contributed by atoms with E-state index >= 15 is 0 Å². The third-order valence-corrected chi connectivity index (χ3v) is 3.49. The predicted octanol–water partition coefficient (Wildman–Crippen LogP) is -1.07. The van der Waals surface area contributed by atoms with Crippen LogP contribution >= 0.6 is 0 Å². The minimum Gasteiger partial charge on any atom is -0.368 e. The molecule has 0 aromatic carbocycles. The highest BCUT2D eigenvalue weighted by molar-refractivity contribution is 7.88. The van der Waals surface area contributed by atoms with Gasteiger partial charge in [-0.25, -0.2) is 13.1 Å². The number of carbonyl (C=O) groups excluding carboxylic acids is 1. The van der Waals surface area contributed by atoms with Gasteiger partial charge < -0.3 is 9.64 Å². The lowest BCUT2D eigenvalue weighted by Gasteiger charge is -2.32. The van der Waals surface area contributed by atoms with Crippen molar-refractivity contribution in [3.05, 3.63) is 24.3 Å². The number of amides is 1. The Morgan fingerprint density at radius 3 is 3.00 bits per heavy atom. The van der Waals surface area contributed by atoms with Crippen LogP contribution in [-0.4, -0.2) is 61.7 Å². The highest BCUT2D eigenvalue weighted by Gasteiger charge is 2.26. The number of morpholine rings is 1. The number of nitrogens with zero attached hydrogens (tertiary/aromatic N) is 3. The summed E-state index contributed by atoms with van der Waals surface area (Å²) in [6.07, 6.45) is 5.39. The van der Waals surface area contributed by atoms with E-state index in [1.165, 1.54) is 0 Å². The summed E-state index contributed by atoms with van der Waals surface area (Å²) < 4.78 is 29.7. The first-order valence-electron chi connectivity index (χ1n) is 6.05. The SMILES string of the molecule is CS(=O)(=O)NCC(=O)N1CCO[C@H](c2cnccn2)C1. The van der Waals surface area contributed by atoms with Crippen molar-refractivity contribution < 1.29 is 17.9 Å². The Morgan fingerprint density at radius 2 is 2.35 bits per heavy atom. The standard InChI is InChI=1S/C11H16N4O4S/c1-20(17,18)14-7-11(16)15-4-5-19-10(8-15)9-6-12-2-3-13-9/h2-3,6,10,14H,4-5,7-8H2,1H3/t10-/m0/s1. The van der Waals surface area contributed by atoms with Gasteiger partial charge in [-0.1, -0.05) is 0 Å². The highest BCUT2D eigenvalue weighted by atomic mass is 32.2. The summed E-state index contributed by atoms with van der Waals surface area (Å²) in [6, 6.07) is 0. The molecular weight excluding hydrogens is 284 g/mol. The van der Waals surface area contributed by atoms with Crippen LogP contribution in [0.15, 0.2) is 18.6 Å². The van der Waals surface area contributed by atoms with Gasteiger partial charge in [0.1, 0.15) is 6.10 Å². The minimum absolute atomic E-state index is 0.244. The van der Waals surface area contributed by atoms with Crippen molar-refractivity contribution in [1.29, 1.82) is 0 Å². The fourth-order valence-electron chi connectivity index (χ4n) is 1.84. The van der Waals surface area contributed by atoms with Crippen LogP contribution in [0.4, 0.5) is 0 Å². The lowest BCUT2D eigenvalue weighted by atomic mass is 10.2. The maximum Gasteiger partial charge on any atom is 0.237 e. The van der Waals surface area contributed by atoms with Gasteiger partial charge in [0.2, 0.25) is 15.9 Å². The quantitative estimate of drug-likeness (QED) is 0.759. The Labute approximate surface area is 117 Å². The molecule has 1 N–H and O–H groups in total. The van der Waals surface area contributed by atoms with Gasteiger partial charge in [-0.2, -0.15) is 0 Å². The molecule has 2 rings (SSSR count). The predicted molar refractivity (Wildman–Crippen MR) is 70.2 cm³/mol. The lowest BCUT2D eigenvalue weighted by molar-refractivity contribution is -0.137. The van der Waals surface area contributed by atoms with Crippen molar-refractivity contribution in [3.63, 3.8) is 0 Å². The van der Waals surface area contributed by atoms with Gasteiger partial charge in [0.25, 0.3) is 0 Å². The first-order valence-corrected chi connectivity index (χ1v) is 7.95.